The molecule has 3 N–H and O–H groups in total. The second kappa shape index (κ2) is 6.01. The maximum atomic E-state index is 10.1. The van der Waals surface area contributed by atoms with Gasteiger partial charge in [-0.15, -0.1) is 0 Å². The Labute approximate surface area is 97.5 Å². The lowest BCUT2D eigenvalue weighted by molar-refractivity contribution is 0.0863. The highest BCUT2D eigenvalue weighted by molar-refractivity contribution is 5.06. The van der Waals surface area contributed by atoms with Crippen LogP contribution in [0.3, 0.4) is 0 Å². The maximum absolute atomic E-state index is 10.1. The number of aryl methyl sites for hydroxylation is 1. The van der Waals surface area contributed by atoms with Crippen molar-refractivity contribution in [1.29, 1.82) is 0 Å². The summed E-state index contributed by atoms with van der Waals surface area (Å²) < 4.78 is 1.87. The van der Waals surface area contributed by atoms with E-state index in [9.17, 15) is 5.11 Å². The topological polar surface area (TPSA) is 64.1 Å². The van der Waals surface area contributed by atoms with E-state index in [1.165, 1.54) is 0 Å². The number of nitrogens with two attached hydrogens (primary N) is 1. The Morgan fingerprint density at radius 3 is 2.62 bits per heavy atom. The van der Waals surface area contributed by atoms with Crippen molar-refractivity contribution in [1.82, 2.24) is 9.78 Å². The van der Waals surface area contributed by atoms with Crippen LogP contribution in [0.5, 0.6) is 0 Å². The van der Waals surface area contributed by atoms with Gasteiger partial charge in [0.15, 0.2) is 0 Å². The summed E-state index contributed by atoms with van der Waals surface area (Å²) in [6, 6.07) is 0. The molecule has 0 aromatic carbocycles. The van der Waals surface area contributed by atoms with Gasteiger partial charge in [0.1, 0.15) is 0 Å². The lowest BCUT2D eigenvalue weighted by Gasteiger charge is -2.24. The zero-order valence-corrected chi connectivity index (χ0v) is 10.4. The second-order valence-corrected chi connectivity index (χ2v) is 4.62. The third kappa shape index (κ3) is 3.32. The van der Waals surface area contributed by atoms with E-state index in [1.807, 2.05) is 24.0 Å². The highest BCUT2D eigenvalue weighted by Crippen LogP contribution is 2.17. The monoisotopic (exact) mass is 225 g/mol. The molecule has 0 saturated heterocycles. The molecule has 16 heavy (non-hydrogen) atoms. The second-order valence-electron chi connectivity index (χ2n) is 4.62. The molecule has 0 amide bonds. The Morgan fingerprint density at radius 2 is 2.19 bits per heavy atom. The first-order chi connectivity index (χ1) is 7.58. The van der Waals surface area contributed by atoms with Gasteiger partial charge in [-0.05, 0) is 30.9 Å². The van der Waals surface area contributed by atoms with E-state index in [0.717, 1.165) is 12.1 Å². The van der Waals surface area contributed by atoms with E-state index in [-0.39, 0.29) is 12.0 Å². The Balaban J connectivity index is 2.58. The average molecular weight is 225 g/mol. The predicted octanol–water partition coefficient (Wildman–Crippen LogP) is 1.04. The molecular formula is C12H23N3O. The number of aromatic nitrogens is 2. The SMILES string of the molecule is CCn1cc(CC(O)C(CN)C(C)C)cn1. The number of rotatable bonds is 6. The summed E-state index contributed by atoms with van der Waals surface area (Å²) >= 11 is 0. The van der Waals surface area contributed by atoms with Crippen LogP contribution in [0.25, 0.3) is 0 Å². The van der Waals surface area contributed by atoms with Crippen LogP contribution in [0.4, 0.5) is 0 Å². The number of nitrogens with zero attached hydrogens (tertiary/aromatic N) is 2. The summed E-state index contributed by atoms with van der Waals surface area (Å²) in [4.78, 5) is 0. The van der Waals surface area contributed by atoms with Crippen LogP contribution in [-0.2, 0) is 13.0 Å². The van der Waals surface area contributed by atoms with Crippen LogP contribution in [0.1, 0.15) is 26.3 Å². The van der Waals surface area contributed by atoms with Gasteiger partial charge in [-0.2, -0.15) is 5.10 Å². The van der Waals surface area contributed by atoms with Gasteiger partial charge in [-0.1, -0.05) is 13.8 Å². The zero-order valence-electron chi connectivity index (χ0n) is 10.4. The fraction of sp³-hybridized carbons (Fsp3) is 0.750. The van der Waals surface area contributed by atoms with E-state index in [2.05, 4.69) is 18.9 Å². The molecule has 0 spiro atoms. The molecular weight excluding hydrogens is 202 g/mol. The zero-order chi connectivity index (χ0) is 12.1. The predicted molar refractivity (Wildman–Crippen MR) is 65.0 cm³/mol. The first kappa shape index (κ1) is 13.2. The van der Waals surface area contributed by atoms with Crippen LogP contribution in [0.15, 0.2) is 12.4 Å². The molecule has 1 aromatic rings. The van der Waals surface area contributed by atoms with Crippen molar-refractivity contribution >= 4 is 0 Å². The van der Waals surface area contributed by atoms with E-state index in [4.69, 9.17) is 5.73 Å². The minimum atomic E-state index is -0.375. The lowest BCUT2D eigenvalue weighted by atomic mass is 9.88. The smallest absolute Gasteiger partial charge is 0.0624 e. The normalized spacial score (nSPS) is 15.4. The fourth-order valence-electron chi connectivity index (χ4n) is 1.95. The van der Waals surface area contributed by atoms with Gasteiger partial charge in [0, 0.05) is 19.2 Å². The van der Waals surface area contributed by atoms with E-state index in [0.29, 0.717) is 18.9 Å². The molecule has 92 valence electrons. The molecule has 2 unspecified atom stereocenters. The standard InChI is InChI=1S/C12H23N3O/c1-4-15-8-10(7-14-15)5-12(16)11(6-13)9(2)3/h7-9,11-12,16H,4-6,13H2,1-3H3. The summed E-state index contributed by atoms with van der Waals surface area (Å²) in [7, 11) is 0. The molecule has 0 saturated carbocycles. The molecule has 4 nitrogen and oxygen atoms in total. The molecule has 0 bridgehead atoms. The summed E-state index contributed by atoms with van der Waals surface area (Å²) in [5.74, 6) is 0.561. The Morgan fingerprint density at radius 1 is 1.50 bits per heavy atom. The minimum absolute atomic E-state index is 0.157. The summed E-state index contributed by atoms with van der Waals surface area (Å²) in [6.07, 6.45) is 4.07. The summed E-state index contributed by atoms with van der Waals surface area (Å²) in [6.45, 7) is 7.62. The van der Waals surface area contributed by atoms with Crippen molar-refractivity contribution < 1.29 is 5.11 Å². The van der Waals surface area contributed by atoms with Gasteiger partial charge < -0.3 is 10.8 Å². The summed E-state index contributed by atoms with van der Waals surface area (Å²) in [5, 5.41) is 14.3. The molecule has 4 heteroatoms. The number of aliphatic hydroxyl groups is 1. The molecule has 1 heterocycles. The van der Waals surface area contributed by atoms with E-state index >= 15 is 0 Å². The minimum Gasteiger partial charge on any atom is -0.392 e. The first-order valence-corrected chi connectivity index (χ1v) is 5.97. The first-order valence-electron chi connectivity index (χ1n) is 5.97. The van der Waals surface area contributed by atoms with Crippen LogP contribution in [-0.4, -0.2) is 27.5 Å². The summed E-state index contributed by atoms with van der Waals surface area (Å²) in [5.41, 5.74) is 6.76. The number of aliphatic hydroxyl groups excluding tert-OH is 1. The molecule has 0 aliphatic rings. The fourth-order valence-corrected chi connectivity index (χ4v) is 1.95. The molecule has 0 aliphatic carbocycles. The highest BCUT2D eigenvalue weighted by Gasteiger charge is 2.21. The van der Waals surface area contributed by atoms with Gasteiger partial charge >= 0.3 is 0 Å². The van der Waals surface area contributed by atoms with Crippen LogP contribution in [0.2, 0.25) is 0 Å². The third-order valence-electron chi connectivity index (χ3n) is 3.08. The van der Waals surface area contributed by atoms with Crippen molar-refractivity contribution in [2.45, 2.75) is 39.8 Å². The average Bonchev–Trinajstić information content (AvgIpc) is 2.65. The van der Waals surface area contributed by atoms with Crippen molar-refractivity contribution in [3.63, 3.8) is 0 Å². The Hall–Kier alpha value is -0.870. The van der Waals surface area contributed by atoms with E-state index in [1.54, 1.807) is 0 Å². The Kier molecular flexibility index (Phi) is 4.96. The molecule has 0 fully saturated rings. The molecule has 0 radical (unpaired) electrons. The number of hydrogen-bond donors (Lipinski definition) is 2. The molecule has 1 rings (SSSR count). The third-order valence-corrected chi connectivity index (χ3v) is 3.08. The van der Waals surface area contributed by atoms with Gasteiger partial charge in [0.25, 0.3) is 0 Å². The number of hydrogen-bond acceptors (Lipinski definition) is 3. The van der Waals surface area contributed by atoms with Crippen LogP contribution < -0.4 is 5.73 Å². The quantitative estimate of drug-likeness (QED) is 0.760. The van der Waals surface area contributed by atoms with Gasteiger partial charge in [0.05, 0.1) is 12.3 Å². The maximum Gasteiger partial charge on any atom is 0.0624 e. The lowest BCUT2D eigenvalue weighted by Crippen LogP contribution is -2.33. The van der Waals surface area contributed by atoms with Crippen molar-refractivity contribution in [2.24, 2.45) is 17.6 Å². The molecule has 0 aliphatic heterocycles. The van der Waals surface area contributed by atoms with Crippen LogP contribution >= 0.6 is 0 Å². The van der Waals surface area contributed by atoms with Crippen molar-refractivity contribution in [3.8, 4) is 0 Å². The van der Waals surface area contributed by atoms with Crippen LogP contribution in [0, 0.1) is 11.8 Å². The van der Waals surface area contributed by atoms with Gasteiger partial charge in [0.2, 0.25) is 0 Å². The van der Waals surface area contributed by atoms with Crippen molar-refractivity contribution in [3.05, 3.63) is 18.0 Å². The molecule has 2 atom stereocenters. The Bertz CT molecular complexity index is 309. The van der Waals surface area contributed by atoms with Gasteiger partial charge in [-0.3, -0.25) is 4.68 Å². The van der Waals surface area contributed by atoms with Gasteiger partial charge in [-0.25, -0.2) is 0 Å². The largest absolute Gasteiger partial charge is 0.392 e. The van der Waals surface area contributed by atoms with Crippen molar-refractivity contribution in [2.75, 3.05) is 6.54 Å². The van der Waals surface area contributed by atoms with E-state index < -0.39 is 0 Å². The molecule has 1 aromatic heterocycles. The highest BCUT2D eigenvalue weighted by atomic mass is 16.3.